The molecule has 2 aromatic heterocycles. The van der Waals surface area contributed by atoms with Crippen LogP contribution in [0, 0.1) is 5.41 Å². The highest BCUT2D eigenvalue weighted by molar-refractivity contribution is 7.99. The number of nitrogen functional groups attached to an aromatic ring is 1. The minimum Gasteiger partial charge on any atom is -0.386 e. The van der Waals surface area contributed by atoms with Gasteiger partial charge in [-0.3, -0.25) is 27.7 Å². The number of carbonyl (C=O) groups excluding carboxylic acids is 2. The molecule has 1 fully saturated rings. The van der Waals surface area contributed by atoms with E-state index in [0.717, 1.165) is 35.1 Å². The monoisotopic (exact) mass is 809 g/mol. The quantitative estimate of drug-likeness (QED) is 0.0569. The topological polar surface area (TPSA) is 347 Å². The molecule has 27 heteroatoms. The number of aliphatic hydroxyl groups excluding tert-OH is 2. The molecule has 2 aromatic rings. The first kappa shape index (κ1) is 43.3. The lowest BCUT2D eigenvalue weighted by molar-refractivity contribution is -0.137. The van der Waals surface area contributed by atoms with E-state index in [1.807, 2.05) is 6.92 Å². The Balaban J connectivity index is 1.55. The van der Waals surface area contributed by atoms with Gasteiger partial charge in [-0.25, -0.2) is 28.6 Å². The Bertz CT molecular complexity index is 1650. The highest BCUT2D eigenvalue weighted by Gasteiger charge is 2.50. The van der Waals surface area contributed by atoms with Crippen molar-refractivity contribution in [3.63, 3.8) is 0 Å². The van der Waals surface area contributed by atoms with Gasteiger partial charge in [-0.15, -0.1) is 0 Å². The van der Waals surface area contributed by atoms with Crippen molar-refractivity contribution in [3.8, 4) is 0 Å². The van der Waals surface area contributed by atoms with Crippen LogP contribution in [0.2, 0.25) is 0 Å². The summed E-state index contributed by atoms with van der Waals surface area (Å²) in [6.45, 7) is 2.97. The number of anilines is 1. The van der Waals surface area contributed by atoms with Crippen molar-refractivity contribution >= 4 is 64.0 Å². The molecule has 23 nitrogen and oxygen atoms in total. The lowest BCUT2D eigenvalue weighted by Crippen LogP contribution is -2.46. The molecule has 2 amide bonds. The van der Waals surface area contributed by atoms with Crippen LogP contribution in [0.5, 0.6) is 0 Å². The number of hydrogen-bond acceptors (Lipinski definition) is 17. The van der Waals surface area contributed by atoms with Crippen LogP contribution in [0.3, 0.4) is 0 Å². The molecule has 0 radical (unpaired) electrons. The number of phosphoric ester groups is 3. The number of carbonyl (C=O) groups is 2. The molecule has 51 heavy (non-hydrogen) atoms. The first-order valence-electron chi connectivity index (χ1n) is 15.1. The summed E-state index contributed by atoms with van der Waals surface area (Å²) < 4.78 is 62.0. The normalized spacial score (nSPS) is 22.7. The van der Waals surface area contributed by atoms with E-state index in [-0.39, 0.29) is 35.9 Å². The summed E-state index contributed by atoms with van der Waals surface area (Å²) in [5.41, 5.74) is 4.32. The van der Waals surface area contributed by atoms with E-state index in [2.05, 4.69) is 34.4 Å². The molecule has 7 atom stereocenters. The molecule has 290 valence electrons. The van der Waals surface area contributed by atoms with Crippen molar-refractivity contribution in [2.45, 2.75) is 64.3 Å². The third kappa shape index (κ3) is 13.1. The van der Waals surface area contributed by atoms with E-state index >= 15 is 0 Å². The van der Waals surface area contributed by atoms with E-state index in [9.17, 15) is 53.1 Å². The molecule has 1 aliphatic heterocycles. The smallest absolute Gasteiger partial charge is 0.386 e. The van der Waals surface area contributed by atoms with Crippen molar-refractivity contribution in [1.82, 2.24) is 30.2 Å². The number of ether oxygens (including phenoxy) is 1. The zero-order valence-electron chi connectivity index (χ0n) is 27.6. The van der Waals surface area contributed by atoms with Crippen LogP contribution >= 0.6 is 35.2 Å². The Morgan fingerprint density at radius 1 is 1.08 bits per heavy atom. The number of fused-ring (bicyclic) bond motifs is 1. The van der Waals surface area contributed by atoms with Crippen molar-refractivity contribution in [2.75, 3.05) is 43.5 Å². The number of aliphatic hydroxyl groups is 2. The number of imidazole rings is 1. The minimum absolute atomic E-state index is 0.0340. The molecule has 6 unspecified atom stereocenters. The predicted molar refractivity (Wildman–Crippen MR) is 177 cm³/mol. The zero-order valence-corrected chi connectivity index (χ0v) is 31.1. The molecule has 10 N–H and O–H groups in total. The van der Waals surface area contributed by atoms with Gasteiger partial charge in [-0.1, -0.05) is 20.8 Å². The molecule has 1 saturated heterocycles. The maximum Gasteiger partial charge on any atom is 0.481 e. The minimum atomic E-state index is -5.54. The molecule has 0 aliphatic carbocycles. The van der Waals surface area contributed by atoms with Gasteiger partial charge >= 0.3 is 23.5 Å². The highest BCUT2D eigenvalue weighted by Crippen LogP contribution is 2.61. The van der Waals surface area contributed by atoms with Crippen molar-refractivity contribution in [1.29, 1.82) is 0 Å². The number of nitrogens with zero attached hydrogens (tertiary/aromatic N) is 4. The van der Waals surface area contributed by atoms with Crippen molar-refractivity contribution in [3.05, 3.63) is 12.7 Å². The summed E-state index contributed by atoms with van der Waals surface area (Å²) >= 11 is 1.69. The number of nitrogens with two attached hydrogens (primary N) is 1. The van der Waals surface area contributed by atoms with Gasteiger partial charge in [-0.2, -0.15) is 16.1 Å². The first-order valence-corrected chi connectivity index (χ1v) is 20.8. The van der Waals surface area contributed by atoms with Crippen LogP contribution in [0.4, 0.5) is 5.82 Å². The summed E-state index contributed by atoms with van der Waals surface area (Å²) in [5, 5.41) is 26.4. The summed E-state index contributed by atoms with van der Waals surface area (Å²) in [6.07, 6.45) is -5.67. The van der Waals surface area contributed by atoms with E-state index in [4.69, 9.17) is 19.5 Å². The lowest BCUT2D eigenvalue weighted by Gasteiger charge is -2.30. The fourth-order valence-electron chi connectivity index (χ4n) is 4.45. The Hall–Kier alpha value is -2.11. The number of thioether (sulfide) groups is 1. The Morgan fingerprint density at radius 2 is 1.76 bits per heavy atom. The van der Waals surface area contributed by atoms with Crippen molar-refractivity contribution < 1.29 is 75.7 Å². The van der Waals surface area contributed by atoms with E-state index in [1.165, 1.54) is 13.8 Å². The van der Waals surface area contributed by atoms with E-state index in [1.54, 1.807) is 11.8 Å². The molecule has 0 bridgehead atoms. The Labute approximate surface area is 295 Å². The number of phosphoric acid groups is 3. The summed E-state index contributed by atoms with van der Waals surface area (Å²) in [7, 11) is -16.3. The van der Waals surface area contributed by atoms with Crippen LogP contribution in [0.1, 0.15) is 39.8 Å². The van der Waals surface area contributed by atoms with Gasteiger partial charge in [0, 0.05) is 30.7 Å². The van der Waals surface area contributed by atoms with E-state index in [0.29, 0.717) is 6.54 Å². The number of amides is 2. The third-order valence-corrected chi connectivity index (χ3v) is 11.3. The number of rotatable bonds is 21. The Morgan fingerprint density at radius 3 is 2.43 bits per heavy atom. The van der Waals surface area contributed by atoms with Crippen LogP contribution < -0.4 is 16.4 Å². The van der Waals surface area contributed by atoms with Gasteiger partial charge in [0.15, 0.2) is 17.7 Å². The molecule has 3 heterocycles. The van der Waals surface area contributed by atoms with Gasteiger partial charge < -0.3 is 50.9 Å². The predicted octanol–water partition coefficient (Wildman–Crippen LogP) is -0.452. The van der Waals surface area contributed by atoms with Gasteiger partial charge in [0.1, 0.15) is 36.3 Å². The second-order valence-corrected chi connectivity index (χ2v) is 17.1. The van der Waals surface area contributed by atoms with Crippen LogP contribution in [-0.4, -0.2) is 123 Å². The fraction of sp³-hybridized carbons (Fsp3) is 0.708. The van der Waals surface area contributed by atoms with Gasteiger partial charge in [0.2, 0.25) is 11.8 Å². The van der Waals surface area contributed by atoms with Crippen molar-refractivity contribution in [2.24, 2.45) is 5.41 Å². The Kier molecular flexibility index (Phi) is 15.5. The number of nitrogens with one attached hydrogen (secondary N) is 2. The average molecular weight is 810 g/mol. The fourth-order valence-corrected chi connectivity index (χ4v) is 8.02. The van der Waals surface area contributed by atoms with Crippen LogP contribution in [0.15, 0.2) is 12.7 Å². The standard InChI is InChI=1S/C24H42N7O16P3S/c1-4-8-51-9-7-26-15(32)5-6-27-22(35)19(34)24(2,3)11-44-50(41,42)47-49(39,40)43-10-14-18(46-48(36,37)38)17(33)23(45-14)31-13-30-16-20(25)28-12-29-21(16)31/h12-14,17-19,23,33-34H,4-11H2,1-3H3,(H,26,32)(H,27,35)(H,39,40)(H,41,42)(H2,25,28,29)(H2,36,37,38)/t14?,17-,18?,19?,23?/m0/s1. The van der Waals surface area contributed by atoms with Gasteiger partial charge in [0.05, 0.1) is 19.5 Å². The summed E-state index contributed by atoms with van der Waals surface area (Å²) in [4.78, 5) is 75.2. The molecule has 0 spiro atoms. The number of hydrogen-bond donors (Lipinski definition) is 9. The molecule has 0 aromatic carbocycles. The zero-order chi connectivity index (χ0) is 38.2. The third-order valence-electron chi connectivity index (χ3n) is 6.99. The lowest BCUT2D eigenvalue weighted by atomic mass is 9.87. The SMILES string of the molecule is CCCSCCNC(=O)CCNC(=O)C(O)C(C)(C)COP(=O)(O)OP(=O)(O)OCC1OC(n2cnc3c(N)ncnc32)[C@@H](O)C1OP(=O)(O)O. The molecular formula is C24H42N7O16P3S. The average Bonchev–Trinajstić information content (AvgIpc) is 3.58. The van der Waals surface area contributed by atoms with E-state index < -0.39 is 78.6 Å². The van der Waals surface area contributed by atoms with Crippen LogP contribution in [0.25, 0.3) is 11.2 Å². The van der Waals surface area contributed by atoms with Gasteiger partial charge in [0.25, 0.3) is 0 Å². The first-order chi connectivity index (χ1) is 23.7. The van der Waals surface area contributed by atoms with Crippen LogP contribution in [-0.2, 0) is 45.9 Å². The summed E-state index contributed by atoms with van der Waals surface area (Å²) in [6, 6.07) is 0. The summed E-state index contributed by atoms with van der Waals surface area (Å²) in [5.74, 6) is 0.431. The second-order valence-electron chi connectivity index (χ2n) is 11.7. The highest BCUT2D eigenvalue weighted by atomic mass is 32.2. The molecule has 3 rings (SSSR count). The molecule has 1 aliphatic rings. The maximum atomic E-state index is 12.6. The second kappa shape index (κ2) is 18.3. The number of aromatic nitrogens is 4. The molecular weight excluding hydrogens is 767 g/mol. The maximum absolute atomic E-state index is 12.6. The molecule has 0 saturated carbocycles. The largest absolute Gasteiger partial charge is 0.481 e. The van der Waals surface area contributed by atoms with Gasteiger partial charge in [-0.05, 0) is 12.2 Å².